The molecule has 0 aliphatic rings. The Morgan fingerprint density at radius 3 is 2.12 bits per heavy atom. The minimum absolute atomic E-state index is 0.785. The maximum absolute atomic E-state index is 5.63. The number of ether oxygens (including phenoxy) is 1. The molecule has 96 valence electrons. The highest BCUT2D eigenvalue weighted by Gasteiger charge is 1.94. The van der Waals surface area contributed by atoms with Gasteiger partial charge >= 0.3 is 0 Å². The van der Waals surface area contributed by atoms with Gasteiger partial charge in [-0.2, -0.15) is 0 Å². The minimum Gasteiger partial charge on any atom is -0.494 e. The van der Waals surface area contributed by atoms with Crippen molar-refractivity contribution >= 4 is 5.69 Å². The summed E-state index contributed by atoms with van der Waals surface area (Å²) in [7, 11) is 0. The van der Waals surface area contributed by atoms with Crippen molar-refractivity contribution in [3.05, 3.63) is 24.3 Å². The van der Waals surface area contributed by atoms with Gasteiger partial charge in [0, 0.05) is 5.69 Å². The SMILES string of the molecule is CCCCCCCCCOc1ccc(N)cc1. The van der Waals surface area contributed by atoms with Gasteiger partial charge in [0.25, 0.3) is 0 Å². The summed E-state index contributed by atoms with van der Waals surface area (Å²) >= 11 is 0. The van der Waals surface area contributed by atoms with Crippen molar-refractivity contribution in [2.45, 2.75) is 51.9 Å². The van der Waals surface area contributed by atoms with E-state index in [2.05, 4.69) is 6.92 Å². The number of benzene rings is 1. The summed E-state index contributed by atoms with van der Waals surface area (Å²) in [6.07, 6.45) is 9.22. The van der Waals surface area contributed by atoms with E-state index in [0.717, 1.165) is 24.5 Å². The average molecular weight is 235 g/mol. The fourth-order valence-corrected chi connectivity index (χ4v) is 1.81. The van der Waals surface area contributed by atoms with Crippen LogP contribution >= 0.6 is 0 Å². The molecule has 0 saturated carbocycles. The Balaban J connectivity index is 1.95. The molecule has 2 nitrogen and oxygen atoms in total. The topological polar surface area (TPSA) is 35.2 Å². The lowest BCUT2D eigenvalue weighted by Gasteiger charge is -2.06. The normalized spacial score (nSPS) is 10.4. The van der Waals surface area contributed by atoms with Gasteiger partial charge in [-0.05, 0) is 30.7 Å². The van der Waals surface area contributed by atoms with E-state index in [1.807, 2.05) is 24.3 Å². The van der Waals surface area contributed by atoms with Crippen molar-refractivity contribution in [1.29, 1.82) is 0 Å². The Morgan fingerprint density at radius 2 is 1.47 bits per heavy atom. The lowest BCUT2D eigenvalue weighted by molar-refractivity contribution is 0.304. The molecule has 0 unspecified atom stereocenters. The molecule has 2 N–H and O–H groups in total. The Hall–Kier alpha value is -1.18. The van der Waals surface area contributed by atoms with Crippen molar-refractivity contribution in [1.82, 2.24) is 0 Å². The zero-order valence-electron chi connectivity index (χ0n) is 11.0. The van der Waals surface area contributed by atoms with Gasteiger partial charge in [0.15, 0.2) is 0 Å². The highest BCUT2D eigenvalue weighted by Crippen LogP contribution is 2.14. The van der Waals surface area contributed by atoms with Gasteiger partial charge < -0.3 is 10.5 Å². The summed E-state index contributed by atoms with van der Waals surface area (Å²) < 4.78 is 5.63. The zero-order valence-corrected chi connectivity index (χ0v) is 11.0. The molecular weight excluding hydrogens is 210 g/mol. The van der Waals surface area contributed by atoms with Crippen molar-refractivity contribution < 1.29 is 4.74 Å². The van der Waals surface area contributed by atoms with Crippen molar-refractivity contribution in [2.75, 3.05) is 12.3 Å². The van der Waals surface area contributed by atoms with E-state index < -0.39 is 0 Å². The first-order valence-electron chi connectivity index (χ1n) is 6.81. The quantitative estimate of drug-likeness (QED) is 0.508. The second kappa shape index (κ2) is 8.91. The zero-order chi connectivity index (χ0) is 12.3. The number of nitrogen functional groups attached to an aromatic ring is 1. The molecule has 0 radical (unpaired) electrons. The molecule has 2 heteroatoms. The van der Waals surface area contributed by atoms with Crippen LogP contribution in [0.1, 0.15) is 51.9 Å². The van der Waals surface area contributed by atoms with Gasteiger partial charge in [-0.15, -0.1) is 0 Å². The van der Waals surface area contributed by atoms with E-state index >= 15 is 0 Å². The first-order valence-corrected chi connectivity index (χ1v) is 6.81. The molecule has 1 aromatic carbocycles. The number of nitrogens with two attached hydrogens (primary N) is 1. The molecule has 17 heavy (non-hydrogen) atoms. The highest BCUT2D eigenvalue weighted by atomic mass is 16.5. The van der Waals surface area contributed by atoms with E-state index in [-0.39, 0.29) is 0 Å². The molecule has 0 saturated heterocycles. The molecular formula is C15H25NO. The molecule has 0 aliphatic heterocycles. The molecule has 0 aliphatic carbocycles. The summed E-state index contributed by atoms with van der Waals surface area (Å²) in [5.74, 6) is 0.921. The Morgan fingerprint density at radius 1 is 0.882 bits per heavy atom. The largest absolute Gasteiger partial charge is 0.494 e. The smallest absolute Gasteiger partial charge is 0.119 e. The number of hydrogen-bond acceptors (Lipinski definition) is 2. The van der Waals surface area contributed by atoms with Gasteiger partial charge in [-0.25, -0.2) is 0 Å². The summed E-state index contributed by atoms with van der Waals surface area (Å²) in [6, 6.07) is 7.60. The fraction of sp³-hybridized carbons (Fsp3) is 0.600. The Bertz CT molecular complexity index is 281. The first kappa shape index (κ1) is 13.9. The summed E-state index contributed by atoms with van der Waals surface area (Å²) in [4.78, 5) is 0. The molecule has 0 heterocycles. The van der Waals surface area contributed by atoms with Crippen LogP contribution in [0.5, 0.6) is 5.75 Å². The molecule has 0 amide bonds. The molecule has 0 aromatic heterocycles. The van der Waals surface area contributed by atoms with Gasteiger partial charge in [-0.3, -0.25) is 0 Å². The third-order valence-electron chi connectivity index (χ3n) is 2.90. The van der Waals surface area contributed by atoms with Crippen LogP contribution < -0.4 is 10.5 Å². The van der Waals surface area contributed by atoms with E-state index in [4.69, 9.17) is 10.5 Å². The van der Waals surface area contributed by atoms with Crippen LogP contribution in [-0.4, -0.2) is 6.61 Å². The Kier molecular flexibility index (Phi) is 7.28. The van der Waals surface area contributed by atoms with Crippen LogP contribution in [0.15, 0.2) is 24.3 Å². The number of rotatable bonds is 9. The van der Waals surface area contributed by atoms with Gasteiger partial charge in [0.05, 0.1) is 6.61 Å². The second-order valence-corrected chi connectivity index (χ2v) is 4.54. The van der Waals surface area contributed by atoms with Gasteiger partial charge in [0.2, 0.25) is 0 Å². The molecule has 1 rings (SSSR count). The molecule has 1 aromatic rings. The average Bonchev–Trinajstić information content (AvgIpc) is 2.35. The lowest BCUT2D eigenvalue weighted by Crippen LogP contribution is -1.97. The number of unbranched alkanes of at least 4 members (excludes halogenated alkanes) is 6. The van der Waals surface area contributed by atoms with Crippen molar-refractivity contribution in [3.63, 3.8) is 0 Å². The predicted molar refractivity (Wildman–Crippen MR) is 74.3 cm³/mol. The number of hydrogen-bond donors (Lipinski definition) is 1. The van der Waals surface area contributed by atoms with Crippen molar-refractivity contribution in [3.8, 4) is 5.75 Å². The summed E-state index contributed by atoms with van der Waals surface area (Å²) in [5, 5.41) is 0. The van der Waals surface area contributed by atoms with Crippen molar-refractivity contribution in [2.24, 2.45) is 0 Å². The van der Waals surface area contributed by atoms with E-state index in [1.165, 1.54) is 38.5 Å². The van der Waals surface area contributed by atoms with Gasteiger partial charge in [0.1, 0.15) is 5.75 Å². The van der Waals surface area contributed by atoms with Crippen LogP contribution in [-0.2, 0) is 0 Å². The minimum atomic E-state index is 0.785. The predicted octanol–water partition coefficient (Wildman–Crippen LogP) is 4.40. The van der Waals surface area contributed by atoms with E-state index in [1.54, 1.807) is 0 Å². The van der Waals surface area contributed by atoms with Crippen LogP contribution in [0.4, 0.5) is 5.69 Å². The summed E-state index contributed by atoms with van der Waals surface area (Å²) in [6.45, 7) is 3.07. The fourth-order valence-electron chi connectivity index (χ4n) is 1.81. The molecule has 0 fully saturated rings. The van der Waals surface area contributed by atoms with Crippen LogP contribution in [0.3, 0.4) is 0 Å². The van der Waals surface area contributed by atoms with Crippen LogP contribution in [0, 0.1) is 0 Å². The third-order valence-corrected chi connectivity index (χ3v) is 2.90. The first-order chi connectivity index (χ1) is 8.33. The van der Waals surface area contributed by atoms with Crippen LogP contribution in [0.25, 0.3) is 0 Å². The highest BCUT2D eigenvalue weighted by molar-refractivity contribution is 5.41. The van der Waals surface area contributed by atoms with E-state index in [0.29, 0.717) is 0 Å². The molecule has 0 bridgehead atoms. The third kappa shape index (κ3) is 6.88. The lowest BCUT2D eigenvalue weighted by atomic mass is 10.1. The maximum Gasteiger partial charge on any atom is 0.119 e. The van der Waals surface area contributed by atoms with Gasteiger partial charge in [-0.1, -0.05) is 45.4 Å². The summed E-state index contributed by atoms with van der Waals surface area (Å²) in [5.41, 5.74) is 6.39. The second-order valence-electron chi connectivity index (χ2n) is 4.54. The monoisotopic (exact) mass is 235 g/mol. The standard InChI is InChI=1S/C15H25NO/c1-2-3-4-5-6-7-8-13-17-15-11-9-14(16)10-12-15/h9-12H,2-8,13,16H2,1H3. The Labute approximate surface area is 105 Å². The van der Waals surface area contributed by atoms with E-state index in [9.17, 15) is 0 Å². The molecule has 0 atom stereocenters. The molecule has 0 spiro atoms. The number of anilines is 1. The van der Waals surface area contributed by atoms with Crippen LogP contribution in [0.2, 0.25) is 0 Å². The maximum atomic E-state index is 5.63.